The van der Waals surface area contributed by atoms with Gasteiger partial charge in [-0.05, 0) is 44.2 Å². The molecule has 23 heavy (non-hydrogen) atoms. The van der Waals surface area contributed by atoms with Gasteiger partial charge in [0.2, 0.25) is 0 Å². The van der Waals surface area contributed by atoms with Crippen molar-refractivity contribution in [2.75, 3.05) is 13.6 Å². The van der Waals surface area contributed by atoms with Crippen LogP contribution in [0.25, 0.3) is 10.8 Å². The summed E-state index contributed by atoms with van der Waals surface area (Å²) >= 11 is 0. The minimum atomic E-state index is 0.0470. The van der Waals surface area contributed by atoms with E-state index in [1.807, 2.05) is 0 Å². The Kier molecular flexibility index (Phi) is 4.43. The van der Waals surface area contributed by atoms with Crippen molar-refractivity contribution in [1.82, 2.24) is 4.90 Å². The molecule has 2 aromatic carbocycles. The first-order valence-electron chi connectivity index (χ1n) is 8.26. The zero-order valence-electron chi connectivity index (χ0n) is 14.5. The molecule has 1 fully saturated rings. The standard InChI is InChI=1S/C21H25NO/c1-21(2,3)13-12-19-20(23-19)15-22(4)14-17-10-7-9-16-8-5-6-11-18(16)17/h5-11,19-20H,14-15H2,1-4H3. The van der Waals surface area contributed by atoms with E-state index in [-0.39, 0.29) is 17.6 Å². The van der Waals surface area contributed by atoms with E-state index in [9.17, 15) is 0 Å². The quantitative estimate of drug-likeness (QED) is 0.624. The normalized spacial score (nSPS) is 20.4. The van der Waals surface area contributed by atoms with Gasteiger partial charge in [-0.15, -0.1) is 0 Å². The maximum Gasteiger partial charge on any atom is 0.146 e. The van der Waals surface area contributed by atoms with Crippen molar-refractivity contribution in [3.05, 3.63) is 48.0 Å². The van der Waals surface area contributed by atoms with Crippen molar-refractivity contribution in [2.24, 2.45) is 5.41 Å². The molecule has 2 unspecified atom stereocenters. The Balaban J connectivity index is 1.60. The van der Waals surface area contributed by atoms with Crippen LogP contribution in [0.5, 0.6) is 0 Å². The molecule has 1 heterocycles. The second-order valence-electron chi connectivity index (χ2n) is 7.45. The molecule has 0 saturated carbocycles. The average Bonchev–Trinajstić information content (AvgIpc) is 3.23. The second-order valence-corrected chi connectivity index (χ2v) is 7.45. The summed E-state index contributed by atoms with van der Waals surface area (Å²) in [5, 5.41) is 2.64. The molecule has 2 aromatic rings. The summed E-state index contributed by atoms with van der Waals surface area (Å²) in [7, 11) is 2.15. The molecule has 0 bridgehead atoms. The third-order valence-electron chi connectivity index (χ3n) is 3.98. The van der Waals surface area contributed by atoms with Crippen LogP contribution in [0.3, 0.4) is 0 Å². The van der Waals surface area contributed by atoms with Crippen LogP contribution < -0.4 is 0 Å². The highest BCUT2D eigenvalue weighted by molar-refractivity contribution is 5.85. The van der Waals surface area contributed by atoms with Crippen molar-refractivity contribution in [1.29, 1.82) is 0 Å². The van der Waals surface area contributed by atoms with Crippen LogP contribution in [0.4, 0.5) is 0 Å². The van der Waals surface area contributed by atoms with Gasteiger partial charge in [-0.3, -0.25) is 4.90 Å². The SMILES string of the molecule is CN(Cc1cccc2ccccc12)CC1OC1C#CC(C)(C)C. The summed E-state index contributed by atoms with van der Waals surface area (Å²) in [5.41, 5.74) is 1.41. The number of epoxide rings is 1. The summed E-state index contributed by atoms with van der Waals surface area (Å²) in [6, 6.07) is 15.1. The number of likely N-dealkylation sites (N-methyl/N-ethyl adjacent to an activating group) is 1. The number of rotatable bonds is 4. The van der Waals surface area contributed by atoms with Gasteiger partial charge in [0.1, 0.15) is 12.2 Å². The van der Waals surface area contributed by atoms with Gasteiger partial charge in [-0.2, -0.15) is 0 Å². The number of fused-ring (bicyclic) bond motifs is 1. The molecular weight excluding hydrogens is 282 g/mol. The Morgan fingerprint density at radius 3 is 2.61 bits per heavy atom. The van der Waals surface area contributed by atoms with Crippen molar-refractivity contribution < 1.29 is 4.74 Å². The summed E-state index contributed by atoms with van der Waals surface area (Å²) < 4.78 is 5.69. The third kappa shape index (κ3) is 4.34. The number of ether oxygens (including phenoxy) is 1. The van der Waals surface area contributed by atoms with Gasteiger partial charge >= 0.3 is 0 Å². The number of hydrogen-bond acceptors (Lipinski definition) is 2. The second kappa shape index (κ2) is 6.35. The van der Waals surface area contributed by atoms with E-state index in [2.05, 4.69) is 87.0 Å². The molecule has 3 rings (SSSR count). The molecule has 0 amide bonds. The molecule has 2 heteroatoms. The number of hydrogen-bond donors (Lipinski definition) is 0. The third-order valence-corrected chi connectivity index (χ3v) is 3.98. The lowest BCUT2D eigenvalue weighted by atomic mass is 9.98. The highest BCUT2D eigenvalue weighted by atomic mass is 16.6. The predicted octanol–water partition coefficient (Wildman–Crippen LogP) is 4.09. The molecule has 120 valence electrons. The van der Waals surface area contributed by atoms with Crippen molar-refractivity contribution in [3.63, 3.8) is 0 Å². The molecule has 1 aliphatic heterocycles. The van der Waals surface area contributed by atoms with Crippen molar-refractivity contribution in [3.8, 4) is 11.8 Å². The molecule has 1 aliphatic rings. The fourth-order valence-electron chi connectivity index (χ4n) is 2.79. The molecule has 0 aliphatic carbocycles. The van der Waals surface area contributed by atoms with Crippen LogP contribution in [0, 0.1) is 17.3 Å². The molecule has 2 nitrogen and oxygen atoms in total. The highest BCUT2D eigenvalue weighted by Gasteiger charge is 2.38. The lowest BCUT2D eigenvalue weighted by Gasteiger charge is -2.16. The Morgan fingerprint density at radius 1 is 1.09 bits per heavy atom. The topological polar surface area (TPSA) is 15.8 Å². The maximum absolute atomic E-state index is 5.69. The summed E-state index contributed by atoms with van der Waals surface area (Å²) in [4.78, 5) is 2.32. The average molecular weight is 307 g/mol. The monoisotopic (exact) mass is 307 g/mol. The van der Waals surface area contributed by atoms with Gasteiger partial charge in [0.15, 0.2) is 0 Å². The maximum atomic E-state index is 5.69. The lowest BCUT2D eigenvalue weighted by Crippen LogP contribution is -2.23. The van der Waals surface area contributed by atoms with Crippen LogP contribution in [0.15, 0.2) is 42.5 Å². The summed E-state index contributed by atoms with van der Waals surface area (Å²) in [6.45, 7) is 8.24. The molecule has 1 saturated heterocycles. The summed E-state index contributed by atoms with van der Waals surface area (Å²) in [6.07, 6.45) is 0.369. The zero-order valence-corrected chi connectivity index (χ0v) is 14.5. The number of nitrogens with zero attached hydrogens (tertiary/aromatic N) is 1. The van der Waals surface area contributed by atoms with Crippen LogP contribution >= 0.6 is 0 Å². The molecule has 2 atom stereocenters. The molecule has 0 spiro atoms. The van der Waals surface area contributed by atoms with Gasteiger partial charge in [0.05, 0.1) is 0 Å². The van der Waals surface area contributed by atoms with Gasteiger partial charge in [-0.25, -0.2) is 0 Å². The van der Waals surface area contributed by atoms with Crippen molar-refractivity contribution >= 4 is 10.8 Å². The number of benzene rings is 2. The largest absolute Gasteiger partial charge is 0.354 e. The Labute approximate surface area is 139 Å². The minimum Gasteiger partial charge on any atom is -0.354 e. The Hall–Kier alpha value is -1.82. The Bertz CT molecular complexity index is 742. The van der Waals surface area contributed by atoms with E-state index in [1.54, 1.807) is 0 Å². The van der Waals surface area contributed by atoms with E-state index in [4.69, 9.17) is 4.74 Å². The molecule has 0 radical (unpaired) electrons. The zero-order chi connectivity index (χ0) is 16.4. The fourth-order valence-corrected chi connectivity index (χ4v) is 2.79. The van der Waals surface area contributed by atoms with Crippen LogP contribution in [0.2, 0.25) is 0 Å². The van der Waals surface area contributed by atoms with E-state index in [0.717, 1.165) is 13.1 Å². The van der Waals surface area contributed by atoms with Gasteiger partial charge in [-0.1, -0.05) is 54.3 Å². The predicted molar refractivity (Wildman–Crippen MR) is 96.2 cm³/mol. The van der Waals surface area contributed by atoms with Crippen LogP contribution in [0.1, 0.15) is 26.3 Å². The van der Waals surface area contributed by atoms with E-state index in [1.165, 1.54) is 16.3 Å². The molecule has 0 N–H and O–H groups in total. The highest BCUT2D eigenvalue weighted by Crippen LogP contribution is 2.25. The first-order valence-corrected chi connectivity index (χ1v) is 8.26. The molecular formula is C21H25NO. The van der Waals surface area contributed by atoms with Crippen LogP contribution in [-0.4, -0.2) is 30.7 Å². The van der Waals surface area contributed by atoms with E-state index in [0.29, 0.717) is 0 Å². The van der Waals surface area contributed by atoms with E-state index >= 15 is 0 Å². The minimum absolute atomic E-state index is 0.0470. The first kappa shape index (κ1) is 16.1. The summed E-state index contributed by atoms with van der Waals surface area (Å²) in [5.74, 6) is 6.51. The van der Waals surface area contributed by atoms with Crippen LogP contribution in [-0.2, 0) is 11.3 Å². The Morgan fingerprint density at radius 2 is 1.83 bits per heavy atom. The van der Waals surface area contributed by atoms with Gasteiger partial charge < -0.3 is 4.74 Å². The van der Waals surface area contributed by atoms with E-state index < -0.39 is 0 Å². The first-order chi connectivity index (χ1) is 10.9. The fraction of sp³-hybridized carbons (Fsp3) is 0.429. The smallest absolute Gasteiger partial charge is 0.146 e. The lowest BCUT2D eigenvalue weighted by molar-refractivity contribution is 0.277. The van der Waals surface area contributed by atoms with Crippen molar-refractivity contribution in [2.45, 2.75) is 39.5 Å². The van der Waals surface area contributed by atoms with Gasteiger partial charge in [0, 0.05) is 18.5 Å². The molecule has 0 aromatic heterocycles. The van der Waals surface area contributed by atoms with Gasteiger partial charge in [0.25, 0.3) is 0 Å².